The number of rotatable bonds is 1. The van der Waals surface area contributed by atoms with Crippen LogP contribution in [0.4, 0.5) is 0 Å². The van der Waals surface area contributed by atoms with Crippen LogP contribution in [0.3, 0.4) is 0 Å². The summed E-state index contributed by atoms with van der Waals surface area (Å²) >= 11 is 0. The molecule has 2 N–H and O–H groups in total. The topological polar surface area (TPSA) is 56.0 Å². The summed E-state index contributed by atoms with van der Waals surface area (Å²) in [6.07, 6.45) is 0. The van der Waals surface area contributed by atoms with Crippen LogP contribution in [0.5, 0.6) is 0 Å². The smallest absolute Gasteiger partial charge is 0.267 e. The number of carbonyl (C=O) groups excluding carboxylic acids is 1. The first-order valence-corrected chi connectivity index (χ1v) is 3.84. The van der Waals surface area contributed by atoms with Gasteiger partial charge in [0.1, 0.15) is 5.69 Å². The van der Waals surface area contributed by atoms with Crippen molar-refractivity contribution < 1.29 is 6.17 Å². The van der Waals surface area contributed by atoms with E-state index in [1.165, 1.54) is 0 Å². The van der Waals surface area contributed by atoms with E-state index in [2.05, 4.69) is 4.98 Å². The molecule has 0 saturated heterocycles. The normalized spacial score (nSPS) is 11.2. The van der Waals surface area contributed by atoms with E-state index in [1.807, 2.05) is 18.2 Å². The predicted octanol–water partition coefficient (Wildman–Crippen LogP) is 1.33. The molecule has 0 bridgehead atoms. The first-order valence-electron chi connectivity index (χ1n) is 4.34. The number of pyridine rings is 1. The minimum absolute atomic E-state index is 0.0173. The lowest BCUT2D eigenvalue weighted by Crippen LogP contribution is -2.12. The summed E-state index contributed by atoms with van der Waals surface area (Å²) in [6.45, 7) is 0. The molecule has 13 heavy (non-hydrogen) atoms. The SMILES string of the molecule is [2H]c1cc2ccccc2nc1C(N)=O. The Morgan fingerprint density at radius 1 is 1.38 bits per heavy atom. The number of nitrogens with zero attached hydrogens (tertiary/aromatic N) is 1. The number of hydrogen-bond acceptors (Lipinski definition) is 2. The van der Waals surface area contributed by atoms with E-state index in [0.29, 0.717) is 5.52 Å². The lowest BCUT2D eigenvalue weighted by atomic mass is 10.2. The van der Waals surface area contributed by atoms with Crippen LogP contribution in [0, 0.1) is 0 Å². The van der Waals surface area contributed by atoms with E-state index >= 15 is 0 Å². The molecule has 3 heteroatoms. The minimum Gasteiger partial charge on any atom is -0.364 e. The van der Waals surface area contributed by atoms with Gasteiger partial charge in [-0.25, -0.2) is 4.98 Å². The Morgan fingerprint density at radius 3 is 2.92 bits per heavy atom. The number of nitrogens with two attached hydrogens (primary N) is 1. The Bertz CT molecular complexity index is 510. The van der Waals surface area contributed by atoms with Gasteiger partial charge in [0, 0.05) is 5.39 Å². The van der Waals surface area contributed by atoms with Gasteiger partial charge < -0.3 is 5.73 Å². The summed E-state index contributed by atoms with van der Waals surface area (Å²) in [5, 5.41) is 0.836. The number of primary amides is 1. The third-order valence-corrected chi connectivity index (χ3v) is 1.77. The molecule has 0 aliphatic heterocycles. The number of hydrogen-bond donors (Lipinski definition) is 1. The van der Waals surface area contributed by atoms with Crippen molar-refractivity contribution in [2.45, 2.75) is 0 Å². The standard InChI is InChI=1S/C10H8N2O/c11-10(13)9-6-5-7-3-1-2-4-8(7)12-9/h1-6H,(H2,11,13)/i6D. The molecule has 2 aromatic rings. The zero-order valence-corrected chi connectivity index (χ0v) is 6.82. The number of aromatic nitrogens is 1. The second-order valence-corrected chi connectivity index (χ2v) is 2.67. The van der Waals surface area contributed by atoms with Gasteiger partial charge in [-0.05, 0) is 12.1 Å². The molecular formula is C10H8N2O. The highest BCUT2D eigenvalue weighted by molar-refractivity contribution is 5.93. The Labute approximate surface area is 76.6 Å². The van der Waals surface area contributed by atoms with Crippen molar-refractivity contribution >= 4 is 16.8 Å². The first kappa shape index (κ1) is 6.60. The lowest BCUT2D eigenvalue weighted by Gasteiger charge is -1.97. The number of benzene rings is 1. The highest BCUT2D eigenvalue weighted by atomic mass is 16.1. The maximum absolute atomic E-state index is 10.9. The molecule has 0 aliphatic carbocycles. The average Bonchev–Trinajstić information content (AvgIpc) is 2.16. The van der Waals surface area contributed by atoms with Crippen molar-refractivity contribution in [2.75, 3.05) is 0 Å². The molecule has 0 unspecified atom stereocenters. The van der Waals surface area contributed by atoms with Gasteiger partial charge in [0.2, 0.25) is 0 Å². The Hall–Kier alpha value is -1.90. The van der Waals surface area contributed by atoms with E-state index in [-0.39, 0.29) is 11.7 Å². The molecule has 1 amide bonds. The first-order chi connectivity index (χ1) is 6.68. The van der Waals surface area contributed by atoms with Gasteiger partial charge in [-0.15, -0.1) is 0 Å². The van der Waals surface area contributed by atoms with Crippen LogP contribution in [0.1, 0.15) is 11.9 Å². The number of para-hydroxylation sites is 1. The molecule has 1 aromatic heterocycles. The van der Waals surface area contributed by atoms with Crippen molar-refractivity contribution in [3.8, 4) is 0 Å². The predicted molar refractivity (Wildman–Crippen MR) is 50.3 cm³/mol. The molecule has 0 spiro atoms. The third kappa shape index (κ3) is 1.36. The fourth-order valence-electron chi connectivity index (χ4n) is 1.14. The van der Waals surface area contributed by atoms with Gasteiger partial charge in [0.15, 0.2) is 0 Å². The summed E-state index contributed by atoms with van der Waals surface area (Å²) < 4.78 is 7.52. The molecule has 1 aromatic carbocycles. The van der Waals surface area contributed by atoms with Gasteiger partial charge in [0.05, 0.1) is 6.89 Å². The Morgan fingerprint density at radius 2 is 2.15 bits per heavy atom. The van der Waals surface area contributed by atoms with Crippen LogP contribution in [0.15, 0.2) is 36.4 Å². The lowest BCUT2D eigenvalue weighted by molar-refractivity contribution is 0.0996. The van der Waals surface area contributed by atoms with Gasteiger partial charge >= 0.3 is 0 Å². The van der Waals surface area contributed by atoms with E-state index in [0.717, 1.165) is 5.39 Å². The quantitative estimate of drug-likeness (QED) is 0.707. The fraction of sp³-hybridized carbons (Fsp3) is 0. The monoisotopic (exact) mass is 173 g/mol. The molecule has 3 nitrogen and oxygen atoms in total. The van der Waals surface area contributed by atoms with Crippen molar-refractivity contribution in [2.24, 2.45) is 5.73 Å². The molecule has 0 radical (unpaired) electrons. The molecule has 0 saturated carbocycles. The van der Waals surface area contributed by atoms with Crippen molar-refractivity contribution in [3.63, 3.8) is 0 Å². The van der Waals surface area contributed by atoms with Crippen molar-refractivity contribution in [3.05, 3.63) is 42.1 Å². The number of amides is 1. The van der Waals surface area contributed by atoms with Crippen LogP contribution >= 0.6 is 0 Å². The van der Waals surface area contributed by atoms with Crippen LogP contribution in [-0.4, -0.2) is 10.9 Å². The van der Waals surface area contributed by atoms with Crippen molar-refractivity contribution in [1.82, 2.24) is 4.98 Å². The summed E-state index contributed by atoms with van der Waals surface area (Å²) in [5.74, 6) is -0.666. The number of fused-ring (bicyclic) bond motifs is 1. The highest BCUT2D eigenvalue weighted by Crippen LogP contribution is 2.10. The summed E-state index contributed by atoms with van der Waals surface area (Å²) in [4.78, 5) is 14.9. The Balaban J connectivity index is 2.77. The van der Waals surface area contributed by atoms with Crippen LogP contribution in [0.25, 0.3) is 10.9 Å². The van der Waals surface area contributed by atoms with E-state index in [9.17, 15) is 4.79 Å². The van der Waals surface area contributed by atoms with Crippen LogP contribution in [0.2, 0.25) is 0 Å². The minimum atomic E-state index is -0.666. The Kier molecular flexibility index (Phi) is 1.45. The molecular weight excluding hydrogens is 164 g/mol. The summed E-state index contributed by atoms with van der Waals surface area (Å²) in [7, 11) is 0. The van der Waals surface area contributed by atoms with Gasteiger partial charge in [-0.1, -0.05) is 24.3 Å². The molecule has 1 heterocycles. The summed E-state index contributed by atoms with van der Waals surface area (Å²) in [6, 6.07) is 8.95. The van der Waals surface area contributed by atoms with Crippen LogP contribution < -0.4 is 5.73 Å². The zero-order chi connectivity index (χ0) is 10.1. The van der Waals surface area contributed by atoms with Crippen LogP contribution in [-0.2, 0) is 0 Å². The van der Waals surface area contributed by atoms with E-state index < -0.39 is 5.91 Å². The van der Waals surface area contributed by atoms with Gasteiger partial charge in [-0.3, -0.25) is 4.79 Å². The fourth-order valence-corrected chi connectivity index (χ4v) is 1.14. The van der Waals surface area contributed by atoms with E-state index in [4.69, 9.17) is 7.10 Å². The molecule has 0 fully saturated rings. The summed E-state index contributed by atoms with van der Waals surface area (Å²) in [5.41, 5.74) is 5.78. The second kappa shape index (κ2) is 2.86. The molecule has 2 rings (SSSR count). The van der Waals surface area contributed by atoms with Gasteiger partial charge in [-0.2, -0.15) is 0 Å². The molecule has 0 atom stereocenters. The van der Waals surface area contributed by atoms with Crippen molar-refractivity contribution in [1.29, 1.82) is 0 Å². The largest absolute Gasteiger partial charge is 0.364 e. The highest BCUT2D eigenvalue weighted by Gasteiger charge is 2.01. The maximum Gasteiger partial charge on any atom is 0.267 e. The second-order valence-electron chi connectivity index (χ2n) is 2.67. The molecule has 0 aliphatic rings. The maximum atomic E-state index is 10.9. The van der Waals surface area contributed by atoms with Gasteiger partial charge in [0.25, 0.3) is 5.91 Å². The average molecular weight is 173 g/mol. The molecule has 64 valence electrons. The zero-order valence-electron chi connectivity index (χ0n) is 7.82. The number of carbonyl (C=O) groups is 1. The third-order valence-electron chi connectivity index (χ3n) is 1.77. The van der Waals surface area contributed by atoms with E-state index in [1.54, 1.807) is 12.1 Å².